The zero-order chi connectivity index (χ0) is 14.5. The number of amides is 1. The van der Waals surface area contributed by atoms with Crippen molar-refractivity contribution in [1.82, 2.24) is 10.3 Å². The number of nitrogens with two attached hydrogens (primary N) is 2. The van der Waals surface area contributed by atoms with E-state index in [1.54, 1.807) is 0 Å². The highest BCUT2D eigenvalue weighted by Gasteiger charge is 2.15. The average molecular weight is 307 g/mol. The molecule has 0 atom stereocenters. The summed E-state index contributed by atoms with van der Waals surface area (Å²) in [6, 6.07) is 0. The average Bonchev–Trinajstić information content (AvgIpc) is 2.65. The second kappa shape index (κ2) is 6.68. The van der Waals surface area contributed by atoms with Crippen LogP contribution in [0.25, 0.3) is 0 Å². The van der Waals surface area contributed by atoms with E-state index in [4.69, 9.17) is 10.9 Å². The topological polar surface area (TPSA) is 140 Å². The molecule has 1 aromatic rings. The molecule has 6 N–H and O–H groups in total. The van der Waals surface area contributed by atoms with Crippen LogP contribution >= 0.6 is 11.3 Å². The summed E-state index contributed by atoms with van der Waals surface area (Å²) < 4.78 is 21.4. The third-order valence-corrected chi connectivity index (χ3v) is 3.96. The minimum absolute atomic E-state index is 0.157. The molecule has 0 aliphatic rings. The number of hydrogen-bond donors (Lipinski definition) is 4. The maximum absolute atomic E-state index is 11.8. The standard InChI is InChI=1S/C9H17N5O3S2/c1-2-12-9-14-7(10)6(18-9)8(15)13-4-3-5-19(11,16)17/h2-5,10H2,1H3,(H,12,14)(H,13,15)(H2,11,16,17). The Morgan fingerprint density at radius 2 is 2.16 bits per heavy atom. The van der Waals surface area contributed by atoms with Gasteiger partial charge in [-0.1, -0.05) is 11.3 Å². The lowest BCUT2D eigenvalue weighted by atomic mass is 10.4. The van der Waals surface area contributed by atoms with Gasteiger partial charge in [-0.3, -0.25) is 4.79 Å². The van der Waals surface area contributed by atoms with Crippen molar-refractivity contribution >= 4 is 38.2 Å². The molecule has 0 spiro atoms. The fourth-order valence-electron chi connectivity index (χ4n) is 1.28. The minimum Gasteiger partial charge on any atom is -0.382 e. The van der Waals surface area contributed by atoms with E-state index >= 15 is 0 Å². The van der Waals surface area contributed by atoms with E-state index < -0.39 is 10.0 Å². The van der Waals surface area contributed by atoms with Gasteiger partial charge in [0.2, 0.25) is 10.0 Å². The quantitative estimate of drug-likeness (QED) is 0.504. The first-order valence-corrected chi connectivity index (χ1v) is 8.15. The molecule has 10 heteroatoms. The SMILES string of the molecule is CCNc1nc(N)c(C(=O)NCCCS(N)(=O)=O)s1. The number of carbonyl (C=O) groups is 1. The first-order valence-electron chi connectivity index (χ1n) is 5.62. The first kappa shape index (κ1) is 15.7. The molecule has 8 nitrogen and oxygen atoms in total. The fraction of sp³-hybridized carbons (Fsp3) is 0.556. The molecule has 19 heavy (non-hydrogen) atoms. The van der Waals surface area contributed by atoms with Gasteiger partial charge in [-0.2, -0.15) is 0 Å². The van der Waals surface area contributed by atoms with Crippen molar-refractivity contribution < 1.29 is 13.2 Å². The van der Waals surface area contributed by atoms with Crippen LogP contribution in [0.15, 0.2) is 0 Å². The van der Waals surface area contributed by atoms with Crippen molar-refractivity contribution in [1.29, 1.82) is 0 Å². The molecule has 0 aliphatic carbocycles. The summed E-state index contributed by atoms with van der Waals surface area (Å²) in [5.41, 5.74) is 5.63. The molecule has 0 aromatic carbocycles. The van der Waals surface area contributed by atoms with Crippen LogP contribution in [0, 0.1) is 0 Å². The Hall–Kier alpha value is -1.39. The van der Waals surface area contributed by atoms with Gasteiger partial charge >= 0.3 is 0 Å². The number of aromatic nitrogens is 1. The minimum atomic E-state index is -3.49. The molecule has 0 bridgehead atoms. The van der Waals surface area contributed by atoms with Gasteiger partial charge in [-0.25, -0.2) is 18.5 Å². The van der Waals surface area contributed by atoms with Gasteiger partial charge in [0.05, 0.1) is 5.75 Å². The summed E-state index contributed by atoms with van der Waals surface area (Å²) >= 11 is 1.15. The Morgan fingerprint density at radius 3 is 2.74 bits per heavy atom. The van der Waals surface area contributed by atoms with Crippen LogP contribution in [0.2, 0.25) is 0 Å². The summed E-state index contributed by atoms with van der Waals surface area (Å²) in [7, 11) is -3.49. The maximum Gasteiger partial charge on any atom is 0.265 e. The van der Waals surface area contributed by atoms with Crippen LogP contribution in [-0.2, 0) is 10.0 Å². The van der Waals surface area contributed by atoms with E-state index in [0.717, 1.165) is 11.3 Å². The normalized spacial score (nSPS) is 11.3. The number of nitrogen functional groups attached to an aromatic ring is 1. The molecule has 108 valence electrons. The molecule has 0 unspecified atom stereocenters. The van der Waals surface area contributed by atoms with Crippen molar-refractivity contribution in [2.75, 3.05) is 29.9 Å². The lowest BCUT2D eigenvalue weighted by Crippen LogP contribution is -2.27. The Balaban J connectivity index is 2.49. The van der Waals surface area contributed by atoms with Crippen molar-refractivity contribution in [3.63, 3.8) is 0 Å². The summed E-state index contributed by atoms with van der Waals surface area (Å²) in [5.74, 6) is -0.382. The Bertz CT molecular complexity index is 540. The maximum atomic E-state index is 11.8. The van der Waals surface area contributed by atoms with E-state index in [1.807, 2.05) is 6.92 Å². The van der Waals surface area contributed by atoms with Gasteiger partial charge in [0.25, 0.3) is 5.91 Å². The molecule has 1 aromatic heterocycles. The van der Waals surface area contributed by atoms with E-state index in [0.29, 0.717) is 16.6 Å². The highest BCUT2D eigenvalue weighted by atomic mass is 32.2. The van der Waals surface area contributed by atoms with Gasteiger partial charge in [-0.15, -0.1) is 0 Å². The molecule has 0 aliphatic heterocycles. The molecule has 1 heterocycles. The first-order chi connectivity index (χ1) is 8.83. The third kappa shape index (κ3) is 5.41. The van der Waals surface area contributed by atoms with Gasteiger partial charge < -0.3 is 16.4 Å². The van der Waals surface area contributed by atoms with E-state index in [9.17, 15) is 13.2 Å². The van der Waals surface area contributed by atoms with Gasteiger partial charge in [0.15, 0.2) is 5.13 Å². The highest BCUT2D eigenvalue weighted by Crippen LogP contribution is 2.24. The zero-order valence-electron chi connectivity index (χ0n) is 10.5. The summed E-state index contributed by atoms with van der Waals surface area (Å²) in [6.07, 6.45) is 0.253. The third-order valence-electron chi connectivity index (χ3n) is 2.08. The molecular weight excluding hydrogens is 290 g/mol. The number of carbonyl (C=O) groups excluding carboxylic acids is 1. The second-order valence-electron chi connectivity index (χ2n) is 3.74. The molecule has 1 amide bonds. The number of rotatable bonds is 7. The monoisotopic (exact) mass is 307 g/mol. The predicted octanol–water partition coefficient (Wildman–Crippen LogP) is -0.434. The lowest BCUT2D eigenvalue weighted by molar-refractivity contribution is 0.0958. The second-order valence-corrected chi connectivity index (χ2v) is 6.47. The predicted molar refractivity (Wildman–Crippen MR) is 75.6 cm³/mol. The number of sulfonamides is 1. The van der Waals surface area contributed by atoms with E-state index in [-0.39, 0.29) is 30.4 Å². The largest absolute Gasteiger partial charge is 0.382 e. The molecule has 0 radical (unpaired) electrons. The number of nitrogens with zero attached hydrogens (tertiary/aromatic N) is 1. The van der Waals surface area contributed by atoms with Crippen LogP contribution in [0.1, 0.15) is 23.0 Å². The smallest absolute Gasteiger partial charge is 0.265 e. The Morgan fingerprint density at radius 1 is 1.47 bits per heavy atom. The van der Waals surface area contributed by atoms with Crippen molar-refractivity contribution in [3.8, 4) is 0 Å². The van der Waals surface area contributed by atoms with Crippen LogP contribution in [0.4, 0.5) is 10.9 Å². The number of anilines is 2. The van der Waals surface area contributed by atoms with E-state index in [1.165, 1.54) is 0 Å². The van der Waals surface area contributed by atoms with Crippen LogP contribution < -0.4 is 21.5 Å². The number of thiazole rings is 1. The van der Waals surface area contributed by atoms with Gasteiger partial charge in [0, 0.05) is 13.1 Å². The molecule has 0 fully saturated rings. The van der Waals surface area contributed by atoms with Gasteiger partial charge in [-0.05, 0) is 13.3 Å². The summed E-state index contributed by atoms with van der Waals surface area (Å²) in [4.78, 5) is 16.1. The van der Waals surface area contributed by atoms with E-state index in [2.05, 4.69) is 15.6 Å². The van der Waals surface area contributed by atoms with Crippen LogP contribution in [0.5, 0.6) is 0 Å². The molecular formula is C9H17N5O3S2. The zero-order valence-corrected chi connectivity index (χ0v) is 12.1. The molecule has 0 saturated heterocycles. The lowest BCUT2D eigenvalue weighted by Gasteiger charge is -2.02. The van der Waals surface area contributed by atoms with Crippen molar-refractivity contribution in [3.05, 3.63) is 4.88 Å². The molecule has 0 saturated carbocycles. The Labute approximate surface area is 115 Å². The Kier molecular flexibility index (Phi) is 5.51. The van der Waals surface area contributed by atoms with Crippen LogP contribution in [-0.4, -0.2) is 38.2 Å². The fourth-order valence-corrected chi connectivity index (χ4v) is 2.69. The summed E-state index contributed by atoms with van der Waals surface area (Å²) in [5, 5.41) is 11.0. The van der Waals surface area contributed by atoms with Gasteiger partial charge in [0.1, 0.15) is 10.7 Å². The highest BCUT2D eigenvalue weighted by molar-refractivity contribution is 7.89. The number of primary sulfonamides is 1. The number of hydrogen-bond acceptors (Lipinski definition) is 7. The molecule has 1 rings (SSSR count). The van der Waals surface area contributed by atoms with Crippen molar-refractivity contribution in [2.45, 2.75) is 13.3 Å². The number of nitrogens with one attached hydrogen (secondary N) is 2. The van der Waals surface area contributed by atoms with Crippen molar-refractivity contribution in [2.24, 2.45) is 5.14 Å². The van der Waals surface area contributed by atoms with Crippen LogP contribution in [0.3, 0.4) is 0 Å². The summed E-state index contributed by atoms with van der Waals surface area (Å²) in [6.45, 7) is 2.80.